The fourth-order valence-electron chi connectivity index (χ4n) is 3.57. The summed E-state index contributed by atoms with van der Waals surface area (Å²) in [6.07, 6.45) is 2.83. The van der Waals surface area contributed by atoms with Crippen molar-refractivity contribution in [2.24, 2.45) is 15.1 Å². The molecular formula is C28H25N4OP. The molecule has 4 aromatic rings. The summed E-state index contributed by atoms with van der Waals surface area (Å²) in [6.45, 7) is 0.343. The standard InChI is InChI=1S/C28H25N4OP/c33-28(29-23-24-13-5-1-6-14-24)21-22-30-31-32-34(25-15-7-2-8-16-25,26-17-9-3-10-18-26)27-19-11-4-12-20-27/h1-22H,23H2,(H-,29,30,32,33). The predicted molar refractivity (Wildman–Crippen MR) is 140 cm³/mol. The van der Waals surface area contributed by atoms with Crippen LogP contribution in [0.5, 0.6) is 0 Å². The number of aliphatic imine (C=N–C) groups is 1. The molecule has 0 unspecified atom stereocenters. The second kappa shape index (κ2) is 11.7. The zero-order valence-electron chi connectivity index (χ0n) is 18.6. The highest BCUT2D eigenvalue weighted by atomic mass is 31.2. The lowest BCUT2D eigenvalue weighted by molar-refractivity contribution is -0.212. The van der Waals surface area contributed by atoms with Gasteiger partial charge in [0.15, 0.2) is 0 Å². The van der Waals surface area contributed by atoms with E-state index in [1.165, 1.54) is 12.3 Å². The highest BCUT2D eigenvalue weighted by Crippen LogP contribution is 2.56. The van der Waals surface area contributed by atoms with Crippen molar-refractivity contribution in [3.05, 3.63) is 139 Å². The van der Waals surface area contributed by atoms with Crippen LogP contribution in [0.4, 0.5) is 0 Å². The Morgan fingerprint density at radius 1 is 0.676 bits per heavy atom. The molecule has 0 bridgehead atoms. The van der Waals surface area contributed by atoms with E-state index in [9.17, 15) is 5.11 Å². The molecule has 0 radical (unpaired) electrons. The van der Waals surface area contributed by atoms with Crippen molar-refractivity contribution in [1.29, 1.82) is 0 Å². The van der Waals surface area contributed by atoms with Gasteiger partial charge in [0.2, 0.25) is 0 Å². The van der Waals surface area contributed by atoms with Gasteiger partial charge in [-0.2, -0.15) is 0 Å². The molecule has 34 heavy (non-hydrogen) atoms. The first-order valence-corrected chi connectivity index (χ1v) is 12.7. The largest absolute Gasteiger partial charge is 0.859 e. The molecule has 0 aliphatic rings. The smallest absolute Gasteiger partial charge is 0.255 e. The van der Waals surface area contributed by atoms with E-state index in [0.29, 0.717) is 6.54 Å². The number of hydrogen-bond acceptors (Lipinski definition) is 4. The summed E-state index contributed by atoms with van der Waals surface area (Å²) in [5, 5.41) is 19.7. The van der Waals surface area contributed by atoms with Crippen LogP contribution >= 0.6 is 7.41 Å². The van der Waals surface area contributed by atoms with Crippen LogP contribution in [0, 0.1) is 0 Å². The summed E-state index contributed by atoms with van der Waals surface area (Å²) in [5.41, 5.74) is 3.79. The molecule has 0 atom stereocenters. The lowest BCUT2D eigenvalue weighted by Crippen LogP contribution is -2.29. The van der Waals surface area contributed by atoms with E-state index in [1.807, 2.05) is 84.9 Å². The monoisotopic (exact) mass is 464 g/mol. The molecular weight excluding hydrogens is 439 g/mol. The summed E-state index contributed by atoms with van der Waals surface area (Å²) >= 11 is 0. The van der Waals surface area contributed by atoms with Gasteiger partial charge in [0.1, 0.15) is 15.9 Å². The van der Waals surface area contributed by atoms with E-state index in [2.05, 4.69) is 52.0 Å². The van der Waals surface area contributed by atoms with Gasteiger partial charge in [0, 0.05) is 11.1 Å². The number of benzene rings is 4. The van der Waals surface area contributed by atoms with Crippen molar-refractivity contribution in [3.63, 3.8) is 0 Å². The zero-order chi connectivity index (χ0) is 23.5. The topological polar surface area (TPSA) is 72.2 Å². The Kier molecular flexibility index (Phi) is 7.94. The fourth-order valence-corrected chi connectivity index (χ4v) is 6.77. The molecule has 0 aliphatic carbocycles. The van der Waals surface area contributed by atoms with Crippen LogP contribution in [-0.2, 0) is 6.54 Å². The first-order chi connectivity index (χ1) is 16.8. The van der Waals surface area contributed by atoms with Crippen molar-refractivity contribution in [2.45, 2.75) is 6.54 Å². The fraction of sp³-hybridized carbons (Fsp3) is 0.0357. The van der Waals surface area contributed by atoms with Gasteiger partial charge < -0.3 is 5.11 Å². The molecule has 0 aromatic heterocycles. The van der Waals surface area contributed by atoms with Crippen LogP contribution in [0.3, 0.4) is 0 Å². The third-order valence-corrected chi connectivity index (χ3v) is 8.68. The maximum Gasteiger partial charge on any atom is 0.255 e. The minimum absolute atomic E-state index is 0.332. The second-order valence-corrected chi connectivity index (χ2v) is 10.4. The average molecular weight is 465 g/mol. The minimum atomic E-state index is -2.42. The lowest BCUT2D eigenvalue weighted by Gasteiger charge is -2.20. The predicted octanol–water partition coefficient (Wildman–Crippen LogP) is 4.33. The van der Waals surface area contributed by atoms with Crippen molar-refractivity contribution < 1.29 is 5.11 Å². The zero-order valence-corrected chi connectivity index (χ0v) is 19.5. The molecule has 4 aromatic carbocycles. The molecule has 0 amide bonds. The van der Waals surface area contributed by atoms with Gasteiger partial charge in [-0.25, -0.2) is 0 Å². The number of rotatable bonds is 9. The van der Waals surface area contributed by atoms with Crippen molar-refractivity contribution in [1.82, 2.24) is 5.43 Å². The molecule has 4 rings (SSSR count). The summed E-state index contributed by atoms with van der Waals surface area (Å²) < 4.78 is 0. The Labute approximate surface area is 200 Å². The van der Waals surface area contributed by atoms with Crippen LogP contribution in [0.1, 0.15) is 5.56 Å². The van der Waals surface area contributed by atoms with Crippen LogP contribution in [0.2, 0.25) is 0 Å². The molecule has 6 heteroatoms. The quantitative estimate of drug-likeness (QED) is 0.132. The maximum absolute atomic E-state index is 12.1. The van der Waals surface area contributed by atoms with E-state index in [4.69, 9.17) is 4.88 Å². The second-order valence-electron chi connectivity index (χ2n) is 7.43. The molecule has 0 aliphatic heterocycles. The Morgan fingerprint density at radius 2 is 1.12 bits per heavy atom. The average Bonchev–Trinajstić information content (AvgIpc) is 2.92. The van der Waals surface area contributed by atoms with Crippen LogP contribution < -0.4 is 26.4 Å². The highest BCUT2D eigenvalue weighted by Gasteiger charge is 2.47. The van der Waals surface area contributed by atoms with Gasteiger partial charge in [0.25, 0.3) is 7.41 Å². The number of nitrogens with one attached hydrogen (secondary N) is 1. The Bertz CT molecular complexity index is 1150. The van der Waals surface area contributed by atoms with Gasteiger partial charge in [-0.3, -0.25) is 10.4 Å². The van der Waals surface area contributed by atoms with Crippen molar-refractivity contribution in [2.75, 3.05) is 0 Å². The van der Waals surface area contributed by atoms with E-state index in [0.717, 1.165) is 21.5 Å². The van der Waals surface area contributed by atoms with Gasteiger partial charge in [-0.05, 0) is 59.2 Å². The SMILES string of the molecule is [O-]C(/C=C/N/N=N/[P+](c1ccccc1)(c1ccccc1)c1ccccc1)=NCc1ccccc1. The van der Waals surface area contributed by atoms with E-state index >= 15 is 0 Å². The molecule has 0 saturated carbocycles. The molecule has 5 nitrogen and oxygen atoms in total. The molecule has 0 spiro atoms. The molecule has 1 N–H and O–H groups in total. The van der Waals surface area contributed by atoms with Gasteiger partial charge >= 0.3 is 0 Å². The third-order valence-electron chi connectivity index (χ3n) is 5.19. The van der Waals surface area contributed by atoms with Gasteiger partial charge in [-0.1, -0.05) is 84.9 Å². The van der Waals surface area contributed by atoms with Crippen LogP contribution in [0.15, 0.2) is 149 Å². The number of nitrogens with zero attached hydrogens (tertiary/aromatic N) is 3. The summed E-state index contributed by atoms with van der Waals surface area (Å²) in [5.74, 6) is -0.332. The first-order valence-electron chi connectivity index (χ1n) is 10.9. The Hall–Kier alpha value is -4.08. The van der Waals surface area contributed by atoms with Crippen LogP contribution in [-0.4, -0.2) is 5.90 Å². The minimum Gasteiger partial charge on any atom is -0.859 e. The molecule has 0 heterocycles. The third kappa shape index (κ3) is 5.64. The van der Waals surface area contributed by atoms with E-state index < -0.39 is 7.41 Å². The normalized spacial score (nSPS) is 12.3. The van der Waals surface area contributed by atoms with E-state index in [1.54, 1.807) is 0 Å². The first kappa shape index (κ1) is 23.1. The Morgan fingerprint density at radius 3 is 1.59 bits per heavy atom. The van der Waals surface area contributed by atoms with Crippen LogP contribution in [0.25, 0.3) is 0 Å². The summed E-state index contributed by atoms with van der Waals surface area (Å²) in [7, 11) is -2.42. The maximum atomic E-state index is 12.1. The molecule has 0 fully saturated rings. The lowest BCUT2D eigenvalue weighted by atomic mass is 10.2. The van der Waals surface area contributed by atoms with Crippen molar-refractivity contribution >= 4 is 29.2 Å². The molecule has 168 valence electrons. The molecule has 0 saturated heterocycles. The highest BCUT2D eigenvalue weighted by molar-refractivity contribution is 7.94. The summed E-state index contributed by atoms with van der Waals surface area (Å²) in [4.78, 5) is 8.94. The van der Waals surface area contributed by atoms with Gasteiger partial charge in [-0.15, -0.1) is 0 Å². The summed E-state index contributed by atoms with van der Waals surface area (Å²) in [6, 6.07) is 40.3. The number of hydrogen-bond donors (Lipinski definition) is 1. The van der Waals surface area contributed by atoms with Gasteiger partial charge in [0.05, 0.1) is 6.54 Å². The Balaban J connectivity index is 1.61. The van der Waals surface area contributed by atoms with E-state index in [-0.39, 0.29) is 5.90 Å². The van der Waals surface area contributed by atoms with Crippen molar-refractivity contribution in [3.8, 4) is 0 Å².